The fourth-order valence-electron chi connectivity index (χ4n) is 2.50. The maximum Gasteiger partial charge on any atom is 0.321 e. The quantitative estimate of drug-likeness (QED) is 0.765. The van der Waals surface area contributed by atoms with Crippen LogP contribution in [0.2, 0.25) is 5.02 Å². The number of hydrogen-bond acceptors (Lipinski definition) is 4. The Labute approximate surface area is 145 Å². The summed E-state index contributed by atoms with van der Waals surface area (Å²) in [5.41, 5.74) is 0.476. The van der Waals surface area contributed by atoms with Crippen molar-refractivity contribution in [3.8, 4) is 5.75 Å². The third kappa shape index (κ3) is 4.75. The van der Waals surface area contributed by atoms with E-state index in [-0.39, 0.29) is 11.9 Å². The van der Waals surface area contributed by atoms with Crippen LogP contribution in [0, 0.1) is 5.92 Å². The molecule has 1 fully saturated rings. The highest BCUT2D eigenvalue weighted by Crippen LogP contribution is 2.33. The molecule has 1 saturated heterocycles. The van der Waals surface area contributed by atoms with Crippen LogP contribution >= 0.6 is 11.6 Å². The molecule has 0 bridgehead atoms. The summed E-state index contributed by atoms with van der Waals surface area (Å²) in [6.07, 6.45) is 0.908. The number of amides is 2. The average Bonchev–Trinajstić information content (AvgIpc) is 2.57. The number of anilines is 1. The van der Waals surface area contributed by atoms with E-state index < -0.39 is 5.97 Å². The first-order valence-electron chi connectivity index (χ1n) is 7.72. The number of likely N-dealkylation sites (tertiary alicyclic amines) is 1. The lowest BCUT2D eigenvalue weighted by Gasteiger charge is -2.30. The number of carbonyl (C=O) groups is 2. The lowest BCUT2D eigenvalue weighted by molar-refractivity contribution is -0.143. The Kier molecular flexibility index (Phi) is 6.69. The smallest absolute Gasteiger partial charge is 0.321 e. The van der Waals surface area contributed by atoms with Crippen molar-refractivity contribution in [2.24, 2.45) is 5.92 Å². The molecule has 1 aromatic rings. The first-order chi connectivity index (χ1) is 11.5. The third-order valence-electron chi connectivity index (χ3n) is 3.87. The molecule has 1 heterocycles. The summed E-state index contributed by atoms with van der Waals surface area (Å²) < 4.78 is 10.5. The molecular formula is C16H21ClN2O5. The summed E-state index contributed by atoms with van der Waals surface area (Å²) in [6.45, 7) is 1.53. The van der Waals surface area contributed by atoms with E-state index in [1.807, 2.05) is 0 Å². The number of carboxylic acid groups (broad SMARTS) is 1. The topological polar surface area (TPSA) is 88.1 Å². The Morgan fingerprint density at radius 1 is 1.33 bits per heavy atom. The van der Waals surface area contributed by atoms with Crippen molar-refractivity contribution in [3.63, 3.8) is 0 Å². The molecule has 1 aliphatic heterocycles. The number of carboxylic acids is 1. The molecule has 24 heavy (non-hydrogen) atoms. The standard InChI is InChI=1S/C16H21ClN2O5/c1-23-9-10-24-14-12(17)3-2-4-13(14)18-16(22)19-7-5-11(6-8-19)15(20)21/h2-4,11H,5-10H2,1H3,(H,18,22)(H,20,21). The second kappa shape index (κ2) is 8.75. The fraction of sp³-hybridized carbons (Fsp3) is 0.500. The van der Waals surface area contributed by atoms with Crippen molar-refractivity contribution in [2.75, 3.05) is 38.7 Å². The van der Waals surface area contributed by atoms with E-state index in [2.05, 4.69) is 5.32 Å². The lowest BCUT2D eigenvalue weighted by Crippen LogP contribution is -2.42. The maximum atomic E-state index is 12.4. The number of nitrogens with one attached hydrogen (secondary N) is 1. The second-order valence-corrected chi connectivity index (χ2v) is 5.89. The molecule has 1 aromatic carbocycles. The number of piperidine rings is 1. The van der Waals surface area contributed by atoms with E-state index in [0.29, 0.717) is 55.6 Å². The van der Waals surface area contributed by atoms with Crippen LogP contribution in [0.5, 0.6) is 5.75 Å². The lowest BCUT2D eigenvalue weighted by atomic mass is 9.97. The maximum absolute atomic E-state index is 12.4. The van der Waals surface area contributed by atoms with Crippen molar-refractivity contribution in [1.29, 1.82) is 0 Å². The summed E-state index contributed by atoms with van der Waals surface area (Å²) in [5.74, 6) is -0.795. The van der Waals surface area contributed by atoms with E-state index in [1.165, 1.54) is 0 Å². The van der Waals surface area contributed by atoms with Gasteiger partial charge in [-0.15, -0.1) is 0 Å². The molecule has 132 valence electrons. The summed E-state index contributed by atoms with van der Waals surface area (Å²) in [5, 5.41) is 12.2. The Morgan fingerprint density at radius 3 is 2.67 bits per heavy atom. The van der Waals surface area contributed by atoms with Crippen LogP contribution < -0.4 is 10.1 Å². The number of hydrogen-bond donors (Lipinski definition) is 2. The van der Waals surface area contributed by atoms with Gasteiger partial charge in [0, 0.05) is 20.2 Å². The highest BCUT2D eigenvalue weighted by molar-refractivity contribution is 6.32. The van der Waals surface area contributed by atoms with Crippen LogP contribution in [0.25, 0.3) is 0 Å². The minimum atomic E-state index is -0.807. The summed E-state index contributed by atoms with van der Waals surface area (Å²) in [7, 11) is 1.57. The van der Waals surface area contributed by atoms with Crippen LogP contribution in [-0.2, 0) is 9.53 Å². The van der Waals surface area contributed by atoms with Gasteiger partial charge in [-0.2, -0.15) is 0 Å². The molecule has 0 aromatic heterocycles. The molecule has 0 aliphatic carbocycles. The Morgan fingerprint density at radius 2 is 2.04 bits per heavy atom. The zero-order valence-corrected chi connectivity index (χ0v) is 14.2. The Bertz CT molecular complexity index is 588. The van der Waals surface area contributed by atoms with Gasteiger partial charge in [0.2, 0.25) is 0 Å². The zero-order chi connectivity index (χ0) is 17.5. The normalized spacial score (nSPS) is 15.2. The number of aliphatic carboxylic acids is 1. The van der Waals surface area contributed by atoms with E-state index in [9.17, 15) is 9.59 Å². The number of carbonyl (C=O) groups excluding carboxylic acids is 1. The van der Waals surface area contributed by atoms with Gasteiger partial charge in [-0.1, -0.05) is 17.7 Å². The van der Waals surface area contributed by atoms with Gasteiger partial charge < -0.3 is 24.8 Å². The molecule has 0 unspecified atom stereocenters. The second-order valence-electron chi connectivity index (χ2n) is 5.49. The number of ether oxygens (including phenoxy) is 2. The van der Waals surface area contributed by atoms with Crippen molar-refractivity contribution in [2.45, 2.75) is 12.8 Å². The number of halogens is 1. The van der Waals surface area contributed by atoms with E-state index in [4.69, 9.17) is 26.2 Å². The summed E-state index contributed by atoms with van der Waals surface area (Å²) >= 11 is 6.14. The van der Waals surface area contributed by atoms with Crippen molar-refractivity contribution >= 4 is 29.3 Å². The fourth-order valence-corrected chi connectivity index (χ4v) is 2.73. The third-order valence-corrected chi connectivity index (χ3v) is 4.17. The first kappa shape index (κ1) is 18.4. The molecule has 7 nitrogen and oxygen atoms in total. The van der Waals surface area contributed by atoms with Gasteiger partial charge in [-0.05, 0) is 25.0 Å². The SMILES string of the molecule is COCCOc1c(Cl)cccc1NC(=O)N1CCC(C(=O)O)CC1. The van der Waals surface area contributed by atoms with Crippen LogP contribution in [-0.4, -0.2) is 55.4 Å². The first-order valence-corrected chi connectivity index (χ1v) is 8.09. The Hall–Kier alpha value is -1.99. The molecule has 8 heteroatoms. The van der Waals surface area contributed by atoms with E-state index in [0.717, 1.165) is 0 Å². The number of methoxy groups -OCH3 is 1. The van der Waals surface area contributed by atoms with Crippen molar-refractivity contribution in [1.82, 2.24) is 4.90 Å². The molecule has 0 radical (unpaired) electrons. The highest BCUT2D eigenvalue weighted by Gasteiger charge is 2.27. The van der Waals surface area contributed by atoms with Gasteiger partial charge in [0.15, 0.2) is 5.75 Å². The van der Waals surface area contributed by atoms with Gasteiger partial charge in [0.05, 0.1) is 23.2 Å². The summed E-state index contributed by atoms with van der Waals surface area (Å²) in [4.78, 5) is 24.9. The zero-order valence-electron chi connectivity index (χ0n) is 13.5. The van der Waals surface area contributed by atoms with Crippen molar-refractivity contribution in [3.05, 3.63) is 23.2 Å². The van der Waals surface area contributed by atoms with Crippen LogP contribution in [0.15, 0.2) is 18.2 Å². The number of nitrogens with zero attached hydrogens (tertiary/aromatic N) is 1. The highest BCUT2D eigenvalue weighted by atomic mass is 35.5. The van der Waals surface area contributed by atoms with Crippen molar-refractivity contribution < 1.29 is 24.2 Å². The summed E-state index contributed by atoms with van der Waals surface area (Å²) in [6, 6.07) is 4.81. The number of urea groups is 1. The number of para-hydroxylation sites is 1. The van der Waals surface area contributed by atoms with Gasteiger partial charge in [-0.3, -0.25) is 4.79 Å². The largest absolute Gasteiger partial charge is 0.487 e. The molecule has 0 saturated carbocycles. The van der Waals surface area contributed by atoms with Crippen LogP contribution in [0.3, 0.4) is 0 Å². The monoisotopic (exact) mass is 356 g/mol. The molecule has 1 aliphatic rings. The molecule has 2 rings (SSSR count). The Balaban J connectivity index is 1.99. The van der Waals surface area contributed by atoms with E-state index >= 15 is 0 Å². The molecular weight excluding hydrogens is 336 g/mol. The van der Waals surface area contributed by atoms with Gasteiger partial charge in [0.25, 0.3) is 0 Å². The number of rotatable bonds is 6. The predicted octanol–water partition coefficient (Wildman–Crippen LogP) is 2.69. The van der Waals surface area contributed by atoms with Crippen LogP contribution in [0.4, 0.5) is 10.5 Å². The van der Waals surface area contributed by atoms with Gasteiger partial charge >= 0.3 is 12.0 Å². The molecule has 2 N–H and O–H groups in total. The minimum Gasteiger partial charge on any atom is -0.487 e. The molecule has 2 amide bonds. The van der Waals surface area contributed by atoms with Gasteiger partial charge in [0.1, 0.15) is 6.61 Å². The molecule has 0 atom stereocenters. The predicted molar refractivity (Wildman–Crippen MR) is 89.8 cm³/mol. The molecule has 0 spiro atoms. The van der Waals surface area contributed by atoms with Gasteiger partial charge in [-0.25, -0.2) is 4.79 Å². The van der Waals surface area contributed by atoms with E-state index in [1.54, 1.807) is 30.2 Å². The number of benzene rings is 1. The van der Waals surface area contributed by atoms with Crippen LogP contribution in [0.1, 0.15) is 12.8 Å². The minimum absolute atomic E-state index is 0.294. The average molecular weight is 357 g/mol.